The summed E-state index contributed by atoms with van der Waals surface area (Å²) < 4.78 is 19.1. The molecule has 1 N–H and O–H groups in total. The number of halogens is 1. The van der Waals surface area contributed by atoms with Crippen molar-refractivity contribution in [2.45, 2.75) is 27.7 Å². The Bertz CT molecular complexity index is 486. The van der Waals surface area contributed by atoms with E-state index in [0.29, 0.717) is 17.8 Å². The number of aromatic nitrogens is 2. The smallest absolute Gasteiger partial charge is 0.173 e. The predicted octanol–water partition coefficient (Wildman–Crippen LogP) is 2.73. The van der Waals surface area contributed by atoms with E-state index in [9.17, 15) is 4.39 Å². The normalized spacial score (nSPS) is 9.72. The molecule has 1 aromatic carbocycles. The lowest BCUT2D eigenvalue weighted by Gasteiger charge is -2.08. The van der Waals surface area contributed by atoms with Crippen molar-refractivity contribution in [2.75, 3.05) is 0 Å². The van der Waals surface area contributed by atoms with E-state index >= 15 is 0 Å². The summed E-state index contributed by atoms with van der Waals surface area (Å²) in [5, 5.41) is 6.59. The van der Waals surface area contributed by atoms with Crippen molar-refractivity contribution in [2.24, 2.45) is 0 Å². The van der Waals surface area contributed by atoms with Gasteiger partial charge in [0.1, 0.15) is 18.2 Å². The Morgan fingerprint density at radius 2 is 2.11 bits per heavy atom. The number of hydrogen-bond donors (Lipinski definition) is 1. The summed E-state index contributed by atoms with van der Waals surface area (Å²) in [5.74, 6) is 0.309. The molecule has 0 radical (unpaired) electrons. The fourth-order valence-corrected chi connectivity index (χ4v) is 1.59. The standard InChI is InChI=1S/C12H14BFN2O.CH4/c1-13(2)11-4-3-10(7-12(11)14)17-8-9-5-6-15-16-9;/h3-7H,8H2,1-2H3,(H,15,16);1H4. The van der Waals surface area contributed by atoms with E-state index < -0.39 is 0 Å². The SMILES string of the molecule is C.CB(C)c1ccc(OCc2ccn[nH]2)cc1F. The van der Waals surface area contributed by atoms with E-state index in [0.717, 1.165) is 5.69 Å². The van der Waals surface area contributed by atoms with Gasteiger partial charge in [-0.2, -0.15) is 5.10 Å². The summed E-state index contributed by atoms with van der Waals surface area (Å²) in [6.45, 7) is 4.46. The number of rotatable bonds is 4. The third-order valence-corrected chi connectivity index (χ3v) is 2.55. The van der Waals surface area contributed by atoms with E-state index in [4.69, 9.17) is 4.74 Å². The molecular formula is C13H18BFN2O. The minimum Gasteiger partial charge on any atom is -0.487 e. The molecule has 0 aliphatic carbocycles. The minimum atomic E-state index is -0.220. The zero-order chi connectivity index (χ0) is 12.3. The van der Waals surface area contributed by atoms with Crippen LogP contribution in [0, 0.1) is 5.82 Å². The maximum Gasteiger partial charge on any atom is 0.173 e. The minimum absolute atomic E-state index is 0. The highest BCUT2D eigenvalue weighted by atomic mass is 19.1. The first-order valence-electron chi connectivity index (χ1n) is 5.57. The first kappa shape index (κ1) is 14.3. The molecule has 0 aliphatic heterocycles. The van der Waals surface area contributed by atoms with Gasteiger partial charge in [-0.15, -0.1) is 0 Å². The highest BCUT2D eigenvalue weighted by Gasteiger charge is 2.10. The van der Waals surface area contributed by atoms with Gasteiger partial charge >= 0.3 is 0 Å². The van der Waals surface area contributed by atoms with Gasteiger partial charge in [0.2, 0.25) is 0 Å². The van der Waals surface area contributed by atoms with Crippen LogP contribution in [0.5, 0.6) is 5.75 Å². The van der Waals surface area contributed by atoms with E-state index in [-0.39, 0.29) is 20.0 Å². The van der Waals surface area contributed by atoms with Crippen LogP contribution in [0.4, 0.5) is 4.39 Å². The van der Waals surface area contributed by atoms with Crippen LogP contribution in [-0.2, 0) is 6.61 Å². The molecule has 0 amide bonds. The molecule has 0 unspecified atom stereocenters. The van der Waals surface area contributed by atoms with Gasteiger partial charge in [-0.3, -0.25) is 5.10 Å². The Morgan fingerprint density at radius 3 is 2.67 bits per heavy atom. The second kappa shape index (κ2) is 6.24. The fraction of sp³-hybridized carbons (Fsp3) is 0.308. The monoisotopic (exact) mass is 248 g/mol. The molecule has 2 aromatic rings. The molecule has 3 nitrogen and oxygen atoms in total. The predicted molar refractivity (Wildman–Crippen MR) is 73.2 cm³/mol. The van der Waals surface area contributed by atoms with Crippen LogP contribution in [0.25, 0.3) is 0 Å². The lowest BCUT2D eigenvalue weighted by Crippen LogP contribution is -2.25. The summed E-state index contributed by atoms with van der Waals surface area (Å²) in [6, 6.07) is 6.79. The van der Waals surface area contributed by atoms with Gasteiger partial charge in [-0.05, 0) is 17.6 Å². The largest absolute Gasteiger partial charge is 0.487 e. The van der Waals surface area contributed by atoms with Gasteiger partial charge in [0.05, 0.1) is 5.69 Å². The van der Waals surface area contributed by atoms with Crippen LogP contribution in [0.15, 0.2) is 30.5 Å². The zero-order valence-corrected chi connectivity index (χ0v) is 9.90. The van der Waals surface area contributed by atoms with E-state index in [1.807, 2.05) is 19.7 Å². The summed E-state index contributed by atoms with van der Waals surface area (Å²) in [6.07, 6.45) is 1.65. The van der Waals surface area contributed by atoms with Gasteiger partial charge in [0.15, 0.2) is 6.71 Å². The molecule has 0 saturated carbocycles. The average molecular weight is 248 g/mol. The van der Waals surface area contributed by atoms with Crippen molar-refractivity contribution in [1.82, 2.24) is 10.2 Å². The number of ether oxygens (including phenoxy) is 1. The van der Waals surface area contributed by atoms with E-state index in [1.165, 1.54) is 6.07 Å². The third-order valence-electron chi connectivity index (χ3n) is 2.55. The lowest BCUT2D eigenvalue weighted by atomic mass is 9.49. The maximum atomic E-state index is 13.7. The molecule has 5 heteroatoms. The van der Waals surface area contributed by atoms with Gasteiger partial charge in [-0.25, -0.2) is 4.39 Å². The van der Waals surface area contributed by atoms with Crippen molar-refractivity contribution in [3.63, 3.8) is 0 Å². The Labute approximate surface area is 107 Å². The first-order valence-corrected chi connectivity index (χ1v) is 5.57. The van der Waals surface area contributed by atoms with Crippen molar-refractivity contribution in [3.8, 4) is 5.75 Å². The van der Waals surface area contributed by atoms with Crippen LogP contribution in [-0.4, -0.2) is 16.9 Å². The number of hydrogen-bond acceptors (Lipinski definition) is 2. The van der Waals surface area contributed by atoms with E-state index in [1.54, 1.807) is 18.3 Å². The van der Waals surface area contributed by atoms with Crippen LogP contribution >= 0.6 is 0 Å². The average Bonchev–Trinajstić information content (AvgIpc) is 2.78. The molecule has 0 bridgehead atoms. The second-order valence-corrected chi connectivity index (χ2v) is 4.21. The summed E-state index contributed by atoms with van der Waals surface area (Å²) in [4.78, 5) is 0. The number of aromatic amines is 1. The van der Waals surface area contributed by atoms with Crippen molar-refractivity contribution in [1.29, 1.82) is 0 Å². The molecule has 0 atom stereocenters. The molecule has 1 heterocycles. The molecule has 0 fully saturated rings. The van der Waals surface area contributed by atoms with Crippen LogP contribution in [0.2, 0.25) is 13.6 Å². The molecule has 0 aliphatic rings. The maximum absolute atomic E-state index is 13.7. The van der Waals surface area contributed by atoms with Crippen LogP contribution < -0.4 is 10.2 Å². The van der Waals surface area contributed by atoms with Crippen molar-refractivity contribution in [3.05, 3.63) is 42.0 Å². The van der Waals surface area contributed by atoms with E-state index in [2.05, 4.69) is 10.2 Å². The molecule has 96 valence electrons. The summed E-state index contributed by atoms with van der Waals surface area (Å²) >= 11 is 0. The van der Waals surface area contributed by atoms with Gasteiger partial charge < -0.3 is 4.74 Å². The second-order valence-electron chi connectivity index (χ2n) is 4.21. The molecular weight excluding hydrogens is 230 g/mol. The zero-order valence-electron chi connectivity index (χ0n) is 9.90. The number of nitrogens with one attached hydrogen (secondary N) is 1. The first-order chi connectivity index (χ1) is 8.16. The summed E-state index contributed by atoms with van der Waals surface area (Å²) in [7, 11) is 0. The Hall–Kier alpha value is -1.78. The topological polar surface area (TPSA) is 37.9 Å². The third kappa shape index (κ3) is 3.36. The van der Waals surface area contributed by atoms with Gasteiger partial charge in [-0.1, -0.05) is 27.1 Å². The molecule has 2 rings (SSSR count). The highest BCUT2D eigenvalue weighted by Crippen LogP contribution is 2.13. The lowest BCUT2D eigenvalue weighted by molar-refractivity contribution is 0.300. The fourth-order valence-electron chi connectivity index (χ4n) is 1.59. The Kier molecular flexibility index (Phi) is 4.95. The van der Waals surface area contributed by atoms with Crippen LogP contribution in [0.1, 0.15) is 13.1 Å². The molecule has 1 aromatic heterocycles. The molecule has 0 spiro atoms. The Morgan fingerprint density at radius 1 is 1.33 bits per heavy atom. The molecule has 18 heavy (non-hydrogen) atoms. The quantitative estimate of drug-likeness (QED) is 0.845. The Balaban J connectivity index is 0.00000162. The van der Waals surface area contributed by atoms with Crippen molar-refractivity contribution < 1.29 is 9.13 Å². The highest BCUT2D eigenvalue weighted by molar-refractivity contribution is 6.70. The van der Waals surface area contributed by atoms with Gasteiger partial charge in [0.25, 0.3) is 0 Å². The number of H-pyrrole nitrogens is 1. The number of nitrogens with zero attached hydrogens (tertiary/aromatic N) is 1. The molecule has 0 saturated heterocycles. The van der Waals surface area contributed by atoms with Crippen LogP contribution in [0.3, 0.4) is 0 Å². The van der Waals surface area contributed by atoms with Gasteiger partial charge in [0, 0.05) is 12.3 Å². The summed E-state index contributed by atoms with van der Waals surface area (Å²) in [5.41, 5.74) is 1.57. The van der Waals surface area contributed by atoms with Crippen molar-refractivity contribution >= 4 is 12.2 Å². The number of benzene rings is 1.